The second-order valence-electron chi connectivity index (χ2n) is 6.57. The van der Waals surface area contributed by atoms with Gasteiger partial charge in [-0.25, -0.2) is 4.79 Å². The van der Waals surface area contributed by atoms with E-state index in [0.29, 0.717) is 6.54 Å². The van der Waals surface area contributed by atoms with Crippen molar-refractivity contribution in [3.8, 4) is 0 Å². The molecule has 0 bridgehead atoms. The van der Waals surface area contributed by atoms with Crippen LogP contribution in [0.1, 0.15) is 36.3 Å². The van der Waals surface area contributed by atoms with E-state index in [9.17, 15) is 4.79 Å². The lowest BCUT2D eigenvalue weighted by Gasteiger charge is -2.28. The number of aryl methyl sites for hydroxylation is 1. The van der Waals surface area contributed by atoms with Gasteiger partial charge in [-0.2, -0.15) is 0 Å². The fourth-order valence-corrected chi connectivity index (χ4v) is 3.25. The third-order valence-electron chi connectivity index (χ3n) is 4.63. The Hall–Kier alpha value is -2.41. The van der Waals surface area contributed by atoms with Gasteiger partial charge in [-0.3, -0.25) is 4.90 Å². The standard InChI is InChI=1S/C18H26N6O/c1-14(17-22-20-13-23(17)2)21-18(25)19-9-5-10-24-11-8-15-6-3-4-7-16(15)12-24/h3-4,6-7,13-14H,5,8-12H2,1-2H3,(H2,19,21,25)/t14-/m0/s1. The molecule has 2 N–H and O–H groups in total. The summed E-state index contributed by atoms with van der Waals surface area (Å²) < 4.78 is 1.80. The third kappa shape index (κ3) is 4.57. The van der Waals surface area contributed by atoms with E-state index in [0.717, 1.165) is 38.3 Å². The Morgan fingerprint density at radius 3 is 2.88 bits per heavy atom. The van der Waals surface area contributed by atoms with Crippen molar-refractivity contribution in [1.29, 1.82) is 0 Å². The Kier molecular flexibility index (Phi) is 5.65. The summed E-state index contributed by atoms with van der Waals surface area (Å²) >= 11 is 0. The van der Waals surface area contributed by atoms with Crippen LogP contribution in [0, 0.1) is 0 Å². The number of hydrogen-bond acceptors (Lipinski definition) is 4. The molecular formula is C18H26N6O. The monoisotopic (exact) mass is 342 g/mol. The topological polar surface area (TPSA) is 75.1 Å². The summed E-state index contributed by atoms with van der Waals surface area (Å²) in [6, 6.07) is 8.30. The van der Waals surface area contributed by atoms with Crippen molar-refractivity contribution in [2.75, 3.05) is 19.6 Å². The van der Waals surface area contributed by atoms with Gasteiger partial charge in [0.1, 0.15) is 6.33 Å². The van der Waals surface area contributed by atoms with Gasteiger partial charge < -0.3 is 15.2 Å². The molecule has 2 amide bonds. The highest BCUT2D eigenvalue weighted by molar-refractivity contribution is 5.74. The predicted molar refractivity (Wildman–Crippen MR) is 96.0 cm³/mol. The number of nitrogens with one attached hydrogen (secondary N) is 2. The molecule has 0 fully saturated rings. The highest BCUT2D eigenvalue weighted by Crippen LogP contribution is 2.18. The van der Waals surface area contributed by atoms with E-state index in [1.807, 2.05) is 14.0 Å². The Morgan fingerprint density at radius 2 is 2.12 bits per heavy atom. The van der Waals surface area contributed by atoms with E-state index < -0.39 is 0 Å². The molecule has 0 aliphatic carbocycles. The molecule has 134 valence electrons. The first-order valence-electron chi connectivity index (χ1n) is 8.81. The van der Waals surface area contributed by atoms with E-state index >= 15 is 0 Å². The summed E-state index contributed by atoms with van der Waals surface area (Å²) in [5, 5.41) is 13.6. The van der Waals surface area contributed by atoms with Crippen molar-refractivity contribution in [3.05, 3.63) is 47.5 Å². The predicted octanol–water partition coefficient (Wildman–Crippen LogP) is 1.62. The van der Waals surface area contributed by atoms with Crippen LogP contribution in [0.5, 0.6) is 0 Å². The van der Waals surface area contributed by atoms with Crippen molar-refractivity contribution in [1.82, 2.24) is 30.3 Å². The Bertz CT molecular complexity index is 713. The van der Waals surface area contributed by atoms with Crippen LogP contribution in [0.2, 0.25) is 0 Å². The summed E-state index contributed by atoms with van der Waals surface area (Å²) in [7, 11) is 1.86. The van der Waals surface area contributed by atoms with Crippen molar-refractivity contribution >= 4 is 6.03 Å². The maximum atomic E-state index is 12.0. The first-order chi connectivity index (χ1) is 12.1. The maximum Gasteiger partial charge on any atom is 0.315 e. The quantitative estimate of drug-likeness (QED) is 0.783. The Morgan fingerprint density at radius 1 is 1.32 bits per heavy atom. The molecule has 0 unspecified atom stereocenters. The zero-order valence-corrected chi connectivity index (χ0v) is 14.9. The number of rotatable bonds is 6. The lowest BCUT2D eigenvalue weighted by molar-refractivity contribution is 0.232. The van der Waals surface area contributed by atoms with Gasteiger partial charge in [0, 0.05) is 33.2 Å². The number of hydrogen-bond donors (Lipinski definition) is 2. The Labute approximate surface area is 148 Å². The molecule has 7 heteroatoms. The molecule has 2 heterocycles. The van der Waals surface area contributed by atoms with Crippen molar-refractivity contribution in [3.63, 3.8) is 0 Å². The zero-order chi connectivity index (χ0) is 17.6. The molecule has 1 aromatic carbocycles. The fraction of sp³-hybridized carbons (Fsp3) is 0.500. The van der Waals surface area contributed by atoms with E-state index in [1.165, 1.54) is 11.1 Å². The minimum absolute atomic E-state index is 0.167. The molecule has 0 spiro atoms. The first-order valence-corrected chi connectivity index (χ1v) is 8.81. The van der Waals surface area contributed by atoms with Gasteiger partial charge in [0.05, 0.1) is 6.04 Å². The van der Waals surface area contributed by atoms with Crippen LogP contribution in [-0.2, 0) is 20.0 Å². The van der Waals surface area contributed by atoms with Crippen LogP contribution in [0.4, 0.5) is 4.79 Å². The normalized spacial score (nSPS) is 15.4. The van der Waals surface area contributed by atoms with Crippen LogP contribution in [0.25, 0.3) is 0 Å². The van der Waals surface area contributed by atoms with Crippen LogP contribution >= 0.6 is 0 Å². The second kappa shape index (κ2) is 8.11. The van der Waals surface area contributed by atoms with Crippen LogP contribution < -0.4 is 10.6 Å². The molecule has 0 saturated carbocycles. The molecule has 1 aromatic heterocycles. The molecule has 1 atom stereocenters. The summed E-state index contributed by atoms with van der Waals surface area (Å²) in [5.41, 5.74) is 2.89. The number of urea groups is 1. The van der Waals surface area contributed by atoms with Gasteiger partial charge in [-0.05, 0) is 30.9 Å². The summed E-state index contributed by atoms with van der Waals surface area (Å²) in [5.74, 6) is 0.738. The van der Waals surface area contributed by atoms with Crippen LogP contribution in [0.15, 0.2) is 30.6 Å². The number of fused-ring (bicyclic) bond motifs is 1. The van der Waals surface area contributed by atoms with Gasteiger partial charge in [0.25, 0.3) is 0 Å². The smallest absolute Gasteiger partial charge is 0.315 e. The summed E-state index contributed by atoms with van der Waals surface area (Å²) in [4.78, 5) is 14.4. The number of carbonyl (C=O) groups excluding carboxylic acids is 1. The van der Waals surface area contributed by atoms with Crippen LogP contribution in [-0.4, -0.2) is 45.3 Å². The zero-order valence-electron chi connectivity index (χ0n) is 14.9. The molecule has 3 rings (SSSR count). The summed E-state index contributed by atoms with van der Waals surface area (Å²) in [6.45, 7) is 5.65. The van der Waals surface area contributed by atoms with Gasteiger partial charge in [-0.1, -0.05) is 24.3 Å². The fourth-order valence-electron chi connectivity index (χ4n) is 3.25. The number of nitrogens with zero attached hydrogens (tertiary/aromatic N) is 4. The van der Waals surface area contributed by atoms with Crippen LogP contribution in [0.3, 0.4) is 0 Å². The van der Waals surface area contributed by atoms with E-state index in [1.54, 1.807) is 10.9 Å². The first kappa shape index (κ1) is 17.4. The molecular weight excluding hydrogens is 316 g/mol. The van der Waals surface area contributed by atoms with Gasteiger partial charge >= 0.3 is 6.03 Å². The van der Waals surface area contributed by atoms with Gasteiger partial charge in [0.15, 0.2) is 5.82 Å². The Balaban J connectivity index is 1.35. The van der Waals surface area contributed by atoms with E-state index in [-0.39, 0.29) is 12.1 Å². The van der Waals surface area contributed by atoms with Gasteiger partial charge in [0.2, 0.25) is 0 Å². The average Bonchev–Trinajstić information content (AvgIpc) is 3.04. The number of benzene rings is 1. The number of carbonyl (C=O) groups is 1. The minimum Gasteiger partial charge on any atom is -0.338 e. The van der Waals surface area contributed by atoms with E-state index in [2.05, 4.69) is 50.0 Å². The molecule has 2 aromatic rings. The van der Waals surface area contributed by atoms with Crippen molar-refractivity contribution in [2.45, 2.75) is 32.4 Å². The highest BCUT2D eigenvalue weighted by atomic mass is 16.2. The third-order valence-corrected chi connectivity index (χ3v) is 4.63. The molecule has 0 radical (unpaired) electrons. The largest absolute Gasteiger partial charge is 0.338 e. The lowest BCUT2D eigenvalue weighted by Crippen LogP contribution is -2.39. The highest BCUT2D eigenvalue weighted by Gasteiger charge is 2.16. The summed E-state index contributed by atoms with van der Waals surface area (Å²) in [6.07, 6.45) is 3.68. The molecule has 0 saturated heterocycles. The second-order valence-corrected chi connectivity index (χ2v) is 6.57. The SMILES string of the molecule is C[C@H](NC(=O)NCCCN1CCc2ccccc2C1)c1nncn1C. The maximum absolute atomic E-state index is 12.0. The number of amides is 2. The van der Waals surface area contributed by atoms with E-state index in [4.69, 9.17) is 0 Å². The lowest BCUT2D eigenvalue weighted by atomic mass is 10.00. The number of aromatic nitrogens is 3. The average molecular weight is 342 g/mol. The minimum atomic E-state index is -0.175. The molecule has 25 heavy (non-hydrogen) atoms. The molecule has 1 aliphatic heterocycles. The molecule has 1 aliphatic rings. The van der Waals surface area contributed by atoms with Gasteiger partial charge in [-0.15, -0.1) is 10.2 Å². The van der Waals surface area contributed by atoms with Crippen molar-refractivity contribution < 1.29 is 4.79 Å². The molecule has 7 nitrogen and oxygen atoms in total. The van der Waals surface area contributed by atoms with Crippen molar-refractivity contribution in [2.24, 2.45) is 7.05 Å².